The Balaban J connectivity index is 2.23. The van der Waals surface area contributed by atoms with Gasteiger partial charge >= 0.3 is 0 Å². The highest BCUT2D eigenvalue weighted by molar-refractivity contribution is 5.88. The first-order chi connectivity index (χ1) is 8.59. The molecule has 1 atom stereocenters. The minimum absolute atomic E-state index is 0.00861. The first-order valence-corrected chi connectivity index (χ1v) is 6.12. The first-order valence-electron chi connectivity index (χ1n) is 6.12. The smallest absolute Gasteiger partial charge is 0.246 e. The molecule has 1 aliphatic heterocycles. The third-order valence-electron chi connectivity index (χ3n) is 3.55. The molecule has 1 aromatic rings. The Kier molecular flexibility index (Phi) is 3.48. The van der Waals surface area contributed by atoms with Crippen LogP contribution in [0.2, 0.25) is 0 Å². The molecule has 0 aromatic heterocycles. The zero-order valence-corrected chi connectivity index (χ0v) is 10.8. The van der Waals surface area contributed by atoms with Gasteiger partial charge in [-0.25, -0.2) is 0 Å². The van der Waals surface area contributed by atoms with Gasteiger partial charge in [0.1, 0.15) is 11.8 Å². The van der Waals surface area contributed by atoms with Gasteiger partial charge in [-0.1, -0.05) is 24.3 Å². The first kappa shape index (κ1) is 12.8. The van der Waals surface area contributed by atoms with E-state index in [1.165, 1.54) is 0 Å². The van der Waals surface area contributed by atoms with Crippen LogP contribution in [0.3, 0.4) is 0 Å². The summed E-state index contributed by atoms with van der Waals surface area (Å²) in [6.07, 6.45) is 1.21. The lowest BCUT2D eigenvalue weighted by atomic mass is 9.91. The van der Waals surface area contributed by atoms with Gasteiger partial charge in [-0.3, -0.25) is 10.1 Å². The summed E-state index contributed by atoms with van der Waals surface area (Å²) in [5.74, 6) is 0.00861. The number of amides is 1. The number of carbonyl (C=O) groups is 2. The van der Waals surface area contributed by atoms with Crippen molar-refractivity contribution in [1.82, 2.24) is 10.2 Å². The molecular formula is C14H18N2O2. The Bertz CT molecular complexity index is 473. The molecule has 1 N–H and O–H groups in total. The number of nitrogens with zero attached hydrogens (tertiary/aromatic N) is 1. The van der Waals surface area contributed by atoms with Crippen molar-refractivity contribution in [3.8, 4) is 0 Å². The highest BCUT2D eigenvalue weighted by Crippen LogP contribution is 2.32. The molecule has 0 spiro atoms. The predicted molar refractivity (Wildman–Crippen MR) is 69.0 cm³/mol. The van der Waals surface area contributed by atoms with Crippen LogP contribution >= 0.6 is 0 Å². The molecular weight excluding hydrogens is 228 g/mol. The molecule has 2 rings (SSSR count). The van der Waals surface area contributed by atoms with Gasteiger partial charge in [0, 0.05) is 26.6 Å². The number of hydrogen-bond acceptors (Lipinski definition) is 3. The summed E-state index contributed by atoms with van der Waals surface area (Å²) in [6, 6.07) is 7.95. The fraction of sp³-hybridized carbons (Fsp3) is 0.429. The van der Waals surface area contributed by atoms with Crippen LogP contribution in [0, 0.1) is 0 Å². The van der Waals surface area contributed by atoms with Gasteiger partial charge in [0.2, 0.25) is 5.91 Å². The molecule has 18 heavy (non-hydrogen) atoms. The van der Waals surface area contributed by atoms with E-state index in [1.54, 1.807) is 11.9 Å². The maximum Gasteiger partial charge on any atom is 0.246 e. The Morgan fingerprint density at radius 2 is 2.22 bits per heavy atom. The van der Waals surface area contributed by atoms with Crippen LogP contribution in [0.4, 0.5) is 0 Å². The number of fused-ring (bicyclic) bond motifs is 1. The van der Waals surface area contributed by atoms with E-state index in [-0.39, 0.29) is 5.91 Å². The van der Waals surface area contributed by atoms with E-state index < -0.39 is 5.54 Å². The van der Waals surface area contributed by atoms with Crippen LogP contribution in [0.25, 0.3) is 0 Å². The summed E-state index contributed by atoms with van der Waals surface area (Å²) in [4.78, 5) is 24.5. The second-order valence-corrected chi connectivity index (χ2v) is 4.82. The van der Waals surface area contributed by atoms with Gasteiger partial charge in [-0.15, -0.1) is 0 Å². The maximum atomic E-state index is 12.5. The largest absolute Gasteiger partial charge is 0.343 e. The van der Waals surface area contributed by atoms with E-state index in [4.69, 9.17) is 0 Å². The second kappa shape index (κ2) is 4.90. The van der Waals surface area contributed by atoms with Crippen LogP contribution in [0.15, 0.2) is 24.3 Å². The van der Waals surface area contributed by atoms with Gasteiger partial charge in [0.15, 0.2) is 0 Å². The van der Waals surface area contributed by atoms with Crippen molar-refractivity contribution >= 4 is 12.2 Å². The van der Waals surface area contributed by atoms with Crippen LogP contribution < -0.4 is 5.32 Å². The van der Waals surface area contributed by atoms with Crippen molar-refractivity contribution < 1.29 is 9.59 Å². The van der Waals surface area contributed by atoms with E-state index in [1.807, 2.05) is 31.2 Å². The Hall–Kier alpha value is -1.68. The standard InChI is InChI=1S/C14H18N2O2/c1-14(13(18)16(2)8-5-9-17)12-7-4-3-6-11(12)10-15-14/h3-4,6-7,9,15H,5,8,10H2,1-2H3/t14-/m0/s1. The van der Waals surface area contributed by atoms with Crippen molar-refractivity contribution in [2.24, 2.45) is 0 Å². The predicted octanol–water partition coefficient (Wildman–Crippen LogP) is 1.05. The van der Waals surface area contributed by atoms with E-state index >= 15 is 0 Å². The van der Waals surface area contributed by atoms with Crippen molar-refractivity contribution in [2.45, 2.75) is 25.4 Å². The SMILES string of the molecule is CN(CCC=O)C(=O)[C@@]1(C)NCc2ccccc21. The summed E-state index contributed by atoms with van der Waals surface area (Å²) in [7, 11) is 1.74. The monoisotopic (exact) mass is 246 g/mol. The van der Waals surface area contributed by atoms with E-state index in [0.29, 0.717) is 19.5 Å². The molecule has 96 valence electrons. The minimum Gasteiger partial charge on any atom is -0.343 e. The number of carbonyl (C=O) groups excluding carboxylic acids is 2. The third kappa shape index (κ3) is 2.04. The van der Waals surface area contributed by atoms with Crippen molar-refractivity contribution in [3.05, 3.63) is 35.4 Å². The van der Waals surface area contributed by atoms with Gasteiger partial charge < -0.3 is 9.69 Å². The number of rotatable bonds is 4. The molecule has 1 amide bonds. The van der Waals surface area contributed by atoms with Gasteiger partial charge in [-0.05, 0) is 18.1 Å². The zero-order valence-electron chi connectivity index (χ0n) is 10.8. The van der Waals surface area contributed by atoms with Gasteiger partial charge in [-0.2, -0.15) is 0 Å². The minimum atomic E-state index is -0.672. The quantitative estimate of drug-likeness (QED) is 0.808. The number of nitrogens with one attached hydrogen (secondary N) is 1. The van der Waals surface area contributed by atoms with E-state index in [0.717, 1.165) is 17.4 Å². The van der Waals surface area contributed by atoms with Gasteiger partial charge in [0.25, 0.3) is 0 Å². The Morgan fingerprint density at radius 3 is 2.94 bits per heavy atom. The molecule has 0 fully saturated rings. The van der Waals surface area contributed by atoms with Crippen LogP contribution in [-0.4, -0.2) is 30.7 Å². The summed E-state index contributed by atoms with van der Waals surface area (Å²) in [6.45, 7) is 3.07. The third-order valence-corrected chi connectivity index (χ3v) is 3.55. The molecule has 0 saturated heterocycles. The highest BCUT2D eigenvalue weighted by Gasteiger charge is 2.41. The Labute approximate surface area is 107 Å². The average molecular weight is 246 g/mol. The maximum absolute atomic E-state index is 12.5. The highest BCUT2D eigenvalue weighted by atomic mass is 16.2. The molecule has 0 unspecified atom stereocenters. The molecule has 1 heterocycles. The molecule has 4 nitrogen and oxygen atoms in total. The topological polar surface area (TPSA) is 49.4 Å². The Morgan fingerprint density at radius 1 is 1.50 bits per heavy atom. The summed E-state index contributed by atoms with van der Waals surface area (Å²) in [5.41, 5.74) is 1.53. The lowest BCUT2D eigenvalue weighted by Gasteiger charge is -2.30. The number of hydrogen-bond donors (Lipinski definition) is 1. The fourth-order valence-corrected chi connectivity index (χ4v) is 2.45. The van der Waals surface area contributed by atoms with E-state index in [9.17, 15) is 9.59 Å². The normalized spacial score (nSPS) is 21.4. The summed E-state index contributed by atoms with van der Waals surface area (Å²) < 4.78 is 0. The van der Waals surface area contributed by atoms with Crippen molar-refractivity contribution in [2.75, 3.05) is 13.6 Å². The van der Waals surface area contributed by atoms with Crippen molar-refractivity contribution in [1.29, 1.82) is 0 Å². The average Bonchev–Trinajstić information content (AvgIpc) is 2.75. The fourth-order valence-electron chi connectivity index (χ4n) is 2.45. The molecule has 0 aliphatic carbocycles. The molecule has 1 aromatic carbocycles. The summed E-state index contributed by atoms with van der Waals surface area (Å²) >= 11 is 0. The second-order valence-electron chi connectivity index (χ2n) is 4.82. The van der Waals surface area contributed by atoms with E-state index in [2.05, 4.69) is 5.32 Å². The number of aldehydes is 1. The number of benzene rings is 1. The number of likely N-dealkylation sites (N-methyl/N-ethyl adjacent to an activating group) is 1. The van der Waals surface area contributed by atoms with Crippen LogP contribution in [0.1, 0.15) is 24.5 Å². The zero-order chi connectivity index (χ0) is 13.2. The molecule has 1 aliphatic rings. The van der Waals surface area contributed by atoms with Crippen LogP contribution in [-0.2, 0) is 21.7 Å². The molecule has 4 heteroatoms. The lowest BCUT2D eigenvalue weighted by molar-refractivity contribution is -0.136. The molecule has 0 radical (unpaired) electrons. The van der Waals surface area contributed by atoms with Gasteiger partial charge in [0.05, 0.1) is 0 Å². The van der Waals surface area contributed by atoms with Crippen LogP contribution in [0.5, 0.6) is 0 Å². The summed E-state index contributed by atoms with van der Waals surface area (Å²) in [5, 5.41) is 3.28. The lowest BCUT2D eigenvalue weighted by Crippen LogP contribution is -2.49. The van der Waals surface area contributed by atoms with Crippen molar-refractivity contribution in [3.63, 3.8) is 0 Å². The molecule has 0 saturated carbocycles. The molecule has 0 bridgehead atoms.